The molecule has 0 saturated heterocycles. The fourth-order valence-electron chi connectivity index (χ4n) is 2.45. The Kier molecular flexibility index (Phi) is 6.17. The Hall–Kier alpha value is -2.57. The lowest BCUT2D eigenvalue weighted by Crippen LogP contribution is -2.38. The summed E-state index contributed by atoms with van der Waals surface area (Å²) < 4.78 is 1.79. The van der Waals surface area contributed by atoms with Gasteiger partial charge in [0.1, 0.15) is 6.33 Å². The molecule has 0 spiro atoms. The molecule has 2 aromatic rings. The standard InChI is InChI=1S/C17H26N6O/c1-13(16-21-19-12-23(16)4)20-17(24)18-11-5-6-14-7-9-15(10-8-14)22(2)3/h7-10,12-13H,5-6,11H2,1-4H3,(H2,18,20,24)/t13-/m0/s1. The quantitative estimate of drug-likeness (QED) is 0.760. The molecule has 0 radical (unpaired) electrons. The third-order valence-electron chi connectivity index (χ3n) is 3.86. The summed E-state index contributed by atoms with van der Waals surface area (Å²) in [5.74, 6) is 0.728. The minimum absolute atomic E-state index is 0.184. The average molecular weight is 330 g/mol. The summed E-state index contributed by atoms with van der Waals surface area (Å²) in [6.07, 6.45) is 3.45. The second kappa shape index (κ2) is 8.33. The molecular formula is C17H26N6O. The minimum Gasteiger partial charge on any atom is -0.378 e. The molecule has 0 saturated carbocycles. The average Bonchev–Trinajstić information content (AvgIpc) is 2.98. The van der Waals surface area contributed by atoms with Crippen molar-refractivity contribution in [2.24, 2.45) is 7.05 Å². The number of anilines is 1. The van der Waals surface area contributed by atoms with Crippen LogP contribution in [0.5, 0.6) is 0 Å². The number of hydrogen-bond acceptors (Lipinski definition) is 4. The third-order valence-corrected chi connectivity index (χ3v) is 3.86. The van der Waals surface area contributed by atoms with E-state index in [9.17, 15) is 4.79 Å². The molecule has 130 valence electrons. The summed E-state index contributed by atoms with van der Waals surface area (Å²) in [7, 11) is 5.91. The molecule has 0 aliphatic heterocycles. The number of urea groups is 1. The maximum atomic E-state index is 11.9. The van der Waals surface area contributed by atoms with Gasteiger partial charge in [0.05, 0.1) is 6.04 Å². The van der Waals surface area contributed by atoms with Crippen molar-refractivity contribution in [1.82, 2.24) is 25.4 Å². The number of nitrogens with one attached hydrogen (secondary N) is 2. The van der Waals surface area contributed by atoms with E-state index in [4.69, 9.17) is 0 Å². The van der Waals surface area contributed by atoms with Crippen LogP contribution in [-0.4, -0.2) is 41.4 Å². The van der Waals surface area contributed by atoms with Crippen molar-refractivity contribution in [3.63, 3.8) is 0 Å². The SMILES string of the molecule is C[C@H](NC(=O)NCCCc1ccc(N(C)C)cc1)c1nncn1C. The van der Waals surface area contributed by atoms with Crippen LogP contribution in [0.4, 0.5) is 10.5 Å². The van der Waals surface area contributed by atoms with Gasteiger partial charge in [0, 0.05) is 33.4 Å². The molecule has 24 heavy (non-hydrogen) atoms. The van der Waals surface area contributed by atoms with Gasteiger partial charge in [0.25, 0.3) is 0 Å². The highest BCUT2D eigenvalue weighted by Crippen LogP contribution is 2.13. The summed E-state index contributed by atoms with van der Waals surface area (Å²) in [5, 5.41) is 13.5. The molecule has 2 rings (SSSR count). The second-order valence-electron chi connectivity index (χ2n) is 6.09. The van der Waals surface area contributed by atoms with Crippen LogP contribution < -0.4 is 15.5 Å². The highest BCUT2D eigenvalue weighted by Gasteiger charge is 2.13. The maximum absolute atomic E-state index is 11.9. The van der Waals surface area contributed by atoms with E-state index in [1.165, 1.54) is 11.3 Å². The van der Waals surface area contributed by atoms with Gasteiger partial charge in [-0.2, -0.15) is 0 Å². The van der Waals surface area contributed by atoms with Crippen molar-refractivity contribution in [1.29, 1.82) is 0 Å². The van der Waals surface area contributed by atoms with Crippen molar-refractivity contribution >= 4 is 11.7 Å². The number of benzene rings is 1. The van der Waals surface area contributed by atoms with Gasteiger partial charge in [0.15, 0.2) is 5.82 Å². The maximum Gasteiger partial charge on any atom is 0.315 e. The largest absolute Gasteiger partial charge is 0.378 e. The molecule has 1 atom stereocenters. The van der Waals surface area contributed by atoms with Gasteiger partial charge in [0.2, 0.25) is 0 Å². The first-order valence-electron chi connectivity index (χ1n) is 8.12. The predicted molar refractivity (Wildman–Crippen MR) is 95.0 cm³/mol. The Morgan fingerprint density at radius 1 is 1.29 bits per heavy atom. The molecule has 1 aromatic heterocycles. The Bertz CT molecular complexity index is 649. The van der Waals surface area contributed by atoms with E-state index in [0.29, 0.717) is 6.54 Å². The first-order chi connectivity index (χ1) is 11.5. The number of hydrogen-bond donors (Lipinski definition) is 2. The summed E-state index contributed by atoms with van der Waals surface area (Å²) in [4.78, 5) is 14.0. The van der Waals surface area contributed by atoms with Gasteiger partial charge in [-0.1, -0.05) is 12.1 Å². The first-order valence-corrected chi connectivity index (χ1v) is 8.12. The van der Waals surface area contributed by atoms with Crippen LogP contribution in [0.1, 0.15) is 30.8 Å². The van der Waals surface area contributed by atoms with Crippen LogP contribution in [0.15, 0.2) is 30.6 Å². The zero-order chi connectivity index (χ0) is 17.5. The molecule has 0 bridgehead atoms. The van der Waals surface area contributed by atoms with E-state index < -0.39 is 0 Å². The molecule has 7 heteroatoms. The van der Waals surface area contributed by atoms with E-state index in [1.807, 2.05) is 28.1 Å². The highest BCUT2D eigenvalue weighted by atomic mass is 16.2. The van der Waals surface area contributed by atoms with Gasteiger partial charge in [-0.15, -0.1) is 10.2 Å². The predicted octanol–water partition coefficient (Wildman–Crippen LogP) is 1.87. The van der Waals surface area contributed by atoms with Gasteiger partial charge < -0.3 is 20.1 Å². The van der Waals surface area contributed by atoms with Crippen molar-refractivity contribution in [3.8, 4) is 0 Å². The monoisotopic (exact) mass is 330 g/mol. The third kappa shape index (κ3) is 4.97. The molecule has 2 amide bonds. The van der Waals surface area contributed by atoms with Crippen LogP contribution in [-0.2, 0) is 13.5 Å². The highest BCUT2D eigenvalue weighted by molar-refractivity contribution is 5.74. The molecule has 1 heterocycles. The second-order valence-corrected chi connectivity index (χ2v) is 6.09. The normalized spacial score (nSPS) is 11.8. The molecule has 0 fully saturated rings. The zero-order valence-corrected chi connectivity index (χ0v) is 14.8. The molecule has 7 nitrogen and oxygen atoms in total. The van der Waals surface area contributed by atoms with E-state index >= 15 is 0 Å². The van der Waals surface area contributed by atoms with Crippen molar-refractivity contribution in [2.45, 2.75) is 25.8 Å². The fourth-order valence-corrected chi connectivity index (χ4v) is 2.45. The Morgan fingerprint density at radius 2 is 2.00 bits per heavy atom. The molecule has 2 N–H and O–H groups in total. The smallest absolute Gasteiger partial charge is 0.315 e. The van der Waals surface area contributed by atoms with E-state index in [0.717, 1.165) is 18.7 Å². The minimum atomic E-state index is -0.187. The fraction of sp³-hybridized carbons (Fsp3) is 0.471. The lowest BCUT2D eigenvalue weighted by molar-refractivity contribution is 0.237. The first kappa shape index (κ1) is 17.8. The van der Waals surface area contributed by atoms with Crippen LogP contribution in [0, 0.1) is 0 Å². The van der Waals surface area contributed by atoms with Crippen molar-refractivity contribution < 1.29 is 4.79 Å². The van der Waals surface area contributed by atoms with Crippen LogP contribution in [0.25, 0.3) is 0 Å². The number of carbonyl (C=O) groups is 1. The van der Waals surface area contributed by atoms with Crippen LogP contribution in [0.2, 0.25) is 0 Å². The number of amides is 2. The summed E-state index contributed by atoms with van der Waals surface area (Å²) >= 11 is 0. The van der Waals surface area contributed by atoms with Gasteiger partial charge >= 0.3 is 6.03 Å². The van der Waals surface area contributed by atoms with Crippen LogP contribution in [0.3, 0.4) is 0 Å². The Labute approximate surface area is 143 Å². The van der Waals surface area contributed by atoms with Crippen molar-refractivity contribution in [2.75, 3.05) is 25.5 Å². The molecule has 0 aliphatic rings. The van der Waals surface area contributed by atoms with Gasteiger partial charge in [-0.25, -0.2) is 4.79 Å². The lowest BCUT2D eigenvalue weighted by atomic mass is 10.1. The van der Waals surface area contributed by atoms with Gasteiger partial charge in [-0.3, -0.25) is 0 Å². The van der Waals surface area contributed by atoms with Crippen LogP contribution >= 0.6 is 0 Å². The topological polar surface area (TPSA) is 75.1 Å². The number of aryl methyl sites for hydroxylation is 2. The Balaban J connectivity index is 1.68. The number of rotatable bonds is 7. The van der Waals surface area contributed by atoms with E-state index in [1.54, 1.807) is 10.9 Å². The molecular weight excluding hydrogens is 304 g/mol. The number of carbonyl (C=O) groups excluding carboxylic acids is 1. The summed E-state index contributed by atoms with van der Waals surface area (Å²) in [5.41, 5.74) is 2.46. The van der Waals surface area contributed by atoms with E-state index in [-0.39, 0.29) is 12.1 Å². The molecule has 1 aromatic carbocycles. The summed E-state index contributed by atoms with van der Waals surface area (Å²) in [6, 6.07) is 8.11. The van der Waals surface area contributed by atoms with Crippen molar-refractivity contribution in [3.05, 3.63) is 42.0 Å². The molecule has 0 unspecified atom stereocenters. The number of aromatic nitrogens is 3. The van der Waals surface area contributed by atoms with Gasteiger partial charge in [-0.05, 0) is 37.5 Å². The molecule has 0 aliphatic carbocycles. The summed E-state index contributed by atoms with van der Waals surface area (Å²) in [6.45, 7) is 2.52. The van der Waals surface area contributed by atoms with E-state index in [2.05, 4.69) is 50.0 Å². The number of nitrogens with zero attached hydrogens (tertiary/aromatic N) is 4. The zero-order valence-electron chi connectivity index (χ0n) is 14.8. The Morgan fingerprint density at radius 3 is 2.58 bits per heavy atom. The lowest BCUT2D eigenvalue weighted by Gasteiger charge is -2.14.